The van der Waals surface area contributed by atoms with Gasteiger partial charge in [-0.15, -0.1) is 0 Å². The summed E-state index contributed by atoms with van der Waals surface area (Å²) in [6.07, 6.45) is 0.180. The van der Waals surface area contributed by atoms with Gasteiger partial charge in [0, 0.05) is 13.1 Å². The predicted molar refractivity (Wildman–Crippen MR) is 102 cm³/mol. The lowest BCUT2D eigenvalue weighted by molar-refractivity contribution is -0.151. The zero-order valence-electron chi connectivity index (χ0n) is 17.1. The van der Waals surface area contributed by atoms with Crippen molar-refractivity contribution in [2.24, 2.45) is 17.8 Å². The second-order valence-corrected chi connectivity index (χ2v) is 8.01. The van der Waals surface area contributed by atoms with Crippen LogP contribution in [0.4, 0.5) is 0 Å². The largest absolute Gasteiger partial charge is 0.502 e. The summed E-state index contributed by atoms with van der Waals surface area (Å²) < 4.78 is 10.4. The molecule has 158 valence electrons. The molecule has 2 aliphatic heterocycles. The number of benzene rings is 1. The van der Waals surface area contributed by atoms with Crippen molar-refractivity contribution in [2.75, 3.05) is 21.3 Å². The highest BCUT2D eigenvalue weighted by molar-refractivity contribution is 6.09. The molecule has 1 aromatic carbocycles. The Labute approximate surface area is 168 Å². The number of phenols is 1. The number of hydrogen-bond donors (Lipinski definition) is 3. The number of carbonyl (C=O) groups is 3. The minimum absolute atomic E-state index is 0.0318. The number of fused-ring (bicyclic) bond motifs is 1. The topological polar surface area (TPSA) is 125 Å². The van der Waals surface area contributed by atoms with Gasteiger partial charge in [0.25, 0.3) is 0 Å². The lowest BCUT2D eigenvalue weighted by Crippen LogP contribution is -2.56. The normalized spacial score (nSPS) is 28.8. The molecule has 0 aromatic heterocycles. The Kier molecular flexibility index (Phi) is 5.20. The summed E-state index contributed by atoms with van der Waals surface area (Å²) in [6, 6.07) is 2.28. The van der Waals surface area contributed by atoms with Gasteiger partial charge in [-0.2, -0.15) is 0 Å². The summed E-state index contributed by atoms with van der Waals surface area (Å²) >= 11 is 0. The molecule has 2 saturated heterocycles. The van der Waals surface area contributed by atoms with Gasteiger partial charge in [-0.25, -0.2) is 0 Å². The van der Waals surface area contributed by atoms with Gasteiger partial charge in [0.15, 0.2) is 11.5 Å². The molecule has 1 aromatic rings. The van der Waals surface area contributed by atoms with Crippen molar-refractivity contribution >= 4 is 17.8 Å². The summed E-state index contributed by atoms with van der Waals surface area (Å²) in [7, 11) is 4.13. The van der Waals surface area contributed by atoms with E-state index in [2.05, 4.69) is 5.32 Å². The van der Waals surface area contributed by atoms with Gasteiger partial charge in [-0.05, 0) is 30.0 Å². The molecule has 0 spiro atoms. The number of ether oxygens (including phenoxy) is 2. The van der Waals surface area contributed by atoms with E-state index in [0.29, 0.717) is 5.56 Å². The molecule has 2 fully saturated rings. The van der Waals surface area contributed by atoms with Crippen LogP contribution < -0.4 is 14.8 Å². The number of methoxy groups -OCH3 is 2. The van der Waals surface area contributed by atoms with Crippen LogP contribution in [-0.2, 0) is 14.4 Å². The van der Waals surface area contributed by atoms with Gasteiger partial charge in [0.2, 0.25) is 17.6 Å². The highest BCUT2D eigenvalue weighted by Crippen LogP contribution is 2.52. The number of carbonyl (C=O) groups excluding carboxylic acids is 2. The third-order valence-electron chi connectivity index (χ3n) is 5.85. The average Bonchev–Trinajstić information content (AvgIpc) is 3.12. The SMILES string of the molecule is COc1cc(C2NC(CC(C)C)(C(=O)O)C3C(=O)N(C)C(=O)C23)cc(OC)c1O. The lowest BCUT2D eigenvalue weighted by Gasteiger charge is -2.32. The number of amides is 2. The molecule has 9 nitrogen and oxygen atoms in total. The fourth-order valence-corrected chi connectivity index (χ4v) is 4.64. The van der Waals surface area contributed by atoms with E-state index in [4.69, 9.17) is 9.47 Å². The summed E-state index contributed by atoms with van der Waals surface area (Å²) in [5.74, 6) is -4.01. The van der Waals surface area contributed by atoms with E-state index in [1.54, 1.807) is 0 Å². The van der Waals surface area contributed by atoms with Gasteiger partial charge < -0.3 is 19.7 Å². The van der Waals surface area contributed by atoms with Crippen LogP contribution in [0.1, 0.15) is 31.9 Å². The maximum absolute atomic E-state index is 12.9. The predicted octanol–water partition coefficient (Wildman–Crippen LogP) is 1.15. The minimum atomic E-state index is -1.58. The summed E-state index contributed by atoms with van der Waals surface area (Å²) in [5, 5.41) is 23.4. The maximum atomic E-state index is 12.9. The molecule has 3 rings (SSSR count). The molecule has 3 N–H and O–H groups in total. The highest BCUT2D eigenvalue weighted by atomic mass is 16.5. The first kappa shape index (κ1) is 20.9. The van der Waals surface area contributed by atoms with Gasteiger partial charge >= 0.3 is 5.97 Å². The Morgan fingerprint density at radius 1 is 1.21 bits per heavy atom. The highest BCUT2D eigenvalue weighted by Gasteiger charge is 2.67. The van der Waals surface area contributed by atoms with E-state index in [0.717, 1.165) is 4.90 Å². The van der Waals surface area contributed by atoms with Crippen molar-refractivity contribution in [2.45, 2.75) is 31.8 Å². The first-order chi connectivity index (χ1) is 13.6. The van der Waals surface area contributed by atoms with Crippen LogP contribution in [0.3, 0.4) is 0 Å². The fourth-order valence-electron chi connectivity index (χ4n) is 4.64. The number of carboxylic acid groups (broad SMARTS) is 1. The number of aromatic hydroxyl groups is 1. The van der Waals surface area contributed by atoms with E-state index in [9.17, 15) is 24.6 Å². The minimum Gasteiger partial charge on any atom is -0.502 e. The van der Waals surface area contributed by atoms with E-state index in [-0.39, 0.29) is 29.6 Å². The van der Waals surface area contributed by atoms with Crippen molar-refractivity contribution in [3.05, 3.63) is 17.7 Å². The fraction of sp³-hybridized carbons (Fsp3) is 0.550. The molecule has 4 atom stereocenters. The molecular weight excluding hydrogens is 380 g/mol. The Morgan fingerprint density at radius 2 is 1.76 bits per heavy atom. The van der Waals surface area contributed by atoms with E-state index >= 15 is 0 Å². The number of likely N-dealkylation sites (tertiary alicyclic amines) is 1. The number of nitrogens with one attached hydrogen (secondary N) is 1. The number of rotatable bonds is 6. The first-order valence-electron chi connectivity index (χ1n) is 9.36. The summed E-state index contributed by atoms with van der Waals surface area (Å²) in [6.45, 7) is 3.73. The van der Waals surface area contributed by atoms with E-state index in [1.165, 1.54) is 33.4 Å². The number of imide groups is 1. The zero-order chi connectivity index (χ0) is 21.7. The Balaban J connectivity index is 2.19. The zero-order valence-corrected chi connectivity index (χ0v) is 17.1. The quantitative estimate of drug-likeness (QED) is 0.601. The van der Waals surface area contributed by atoms with Crippen LogP contribution in [0.5, 0.6) is 17.2 Å². The van der Waals surface area contributed by atoms with Crippen LogP contribution in [0, 0.1) is 17.8 Å². The van der Waals surface area contributed by atoms with Gasteiger partial charge in [-0.3, -0.25) is 24.6 Å². The van der Waals surface area contributed by atoms with Crippen LogP contribution in [0.15, 0.2) is 12.1 Å². The average molecular weight is 406 g/mol. The third kappa shape index (κ3) is 3.00. The Bertz CT molecular complexity index is 843. The molecular formula is C20H26N2O7. The van der Waals surface area contributed by atoms with Crippen molar-refractivity contribution in [1.82, 2.24) is 10.2 Å². The molecule has 2 aliphatic rings. The Morgan fingerprint density at radius 3 is 2.21 bits per heavy atom. The number of hydrogen-bond acceptors (Lipinski definition) is 7. The second kappa shape index (κ2) is 7.22. The number of nitrogens with zero attached hydrogens (tertiary/aromatic N) is 1. The van der Waals surface area contributed by atoms with Crippen molar-refractivity contribution in [1.29, 1.82) is 0 Å². The number of phenolic OH excluding ortho intramolecular Hbond substituents is 1. The molecule has 0 saturated carbocycles. The van der Waals surface area contributed by atoms with Crippen LogP contribution >= 0.6 is 0 Å². The number of carboxylic acids is 1. The van der Waals surface area contributed by atoms with Crippen LogP contribution in [-0.4, -0.2) is 59.7 Å². The number of aliphatic carboxylic acids is 1. The monoisotopic (exact) mass is 406 g/mol. The standard InChI is InChI=1S/C20H26N2O7/c1-9(2)8-20(19(26)27)14-13(17(24)22(3)18(14)25)15(21-20)10-6-11(28-4)16(23)12(7-10)29-5/h6-7,9,13-15,21,23H,8H2,1-5H3,(H,26,27). The smallest absolute Gasteiger partial charge is 0.324 e. The summed E-state index contributed by atoms with van der Waals surface area (Å²) in [4.78, 5) is 39.2. The molecule has 4 unspecified atom stereocenters. The van der Waals surface area contributed by atoms with Gasteiger partial charge in [-0.1, -0.05) is 13.8 Å². The van der Waals surface area contributed by atoms with Crippen LogP contribution in [0.2, 0.25) is 0 Å². The van der Waals surface area contributed by atoms with E-state index < -0.39 is 41.2 Å². The van der Waals surface area contributed by atoms with Crippen molar-refractivity contribution < 1.29 is 34.1 Å². The summed E-state index contributed by atoms with van der Waals surface area (Å²) in [5.41, 5.74) is -1.09. The maximum Gasteiger partial charge on any atom is 0.324 e. The lowest BCUT2D eigenvalue weighted by atomic mass is 9.75. The van der Waals surface area contributed by atoms with Crippen LogP contribution in [0.25, 0.3) is 0 Å². The molecule has 0 bridgehead atoms. The van der Waals surface area contributed by atoms with E-state index in [1.807, 2.05) is 13.8 Å². The molecule has 0 aliphatic carbocycles. The van der Waals surface area contributed by atoms with Crippen molar-refractivity contribution in [3.8, 4) is 17.2 Å². The Hall–Kier alpha value is -2.81. The molecule has 2 amide bonds. The third-order valence-corrected chi connectivity index (χ3v) is 5.85. The molecule has 0 radical (unpaired) electrons. The molecule has 2 heterocycles. The van der Waals surface area contributed by atoms with Gasteiger partial charge in [0.05, 0.1) is 26.1 Å². The molecule has 29 heavy (non-hydrogen) atoms. The second-order valence-electron chi connectivity index (χ2n) is 8.01. The molecule has 9 heteroatoms. The first-order valence-corrected chi connectivity index (χ1v) is 9.36. The van der Waals surface area contributed by atoms with Gasteiger partial charge in [0.1, 0.15) is 5.54 Å². The van der Waals surface area contributed by atoms with Crippen molar-refractivity contribution in [3.63, 3.8) is 0 Å².